The molecule has 1 saturated heterocycles. The SMILES string of the molecule is CCCn1c(CC(O)C2CCOC2C)nc2ccccc21. The van der Waals surface area contributed by atoms with Gasteiger partial charge in [0.25, 0.3) is 0 Å². The second kappa shape index (κ2) is 6.16. The Balaban J connectivity index is 1.87. The Bertz CT molecular complexity index is 608. The summed E-state index contributed by atoms with van der Waals surface area (Å²) in [5.41, 5.74) is 2.18. The zero-order valence-corrected chi connectivity index (χ0v) is 12.8. The van der Waals surface area contributed by atoms with Gasteiger partial charge in [-0.2, -0.15) is 0 Å². The molecule has 114 valence electrons. The van der Waals surface area contributed by atoms with Gasteiger partial charge in [-0.1, -0.05) is 19.1 Å². The molecule has 1 fully saturated rings. The van der Waals surface area contributed by atoms with Crippen LogP contribution in [0.1, 0.15) is 32.5 Å². The van der Waals surface area contributed by atoms with E-state index < -0.39 is 0 Å². The maximum absolute atomic E-state index is 10.6. The van der Waals surface area contributed by atoms with Crippen LogP contribution in [0.4, 0.5) is 0 Å². The van der Waals surface area contributed by atoms with E-state index in [0.29, 0.717) is 6.42 Å². The van der Waals surface area contributed by atoms with Gasteiger partial charge >= 0.3 is 0 Å². The van der Waals surface area contributed by atoms with Crippen molar-refractivity contribution in [1.82, 2.24) is 9.55 Å². The van der Waals surface area contributed by atoms with Crippen LogP contribution in [0.3, 0.4) is 0 Å². The first-order valence-electron chi connectivity index (χ1n) is 7.94. The van der Waals surface area contributed by atoms with Crippen molar-refractivity contribution >= 4 is 11.0 Å². The Morgan fingerprint density at radius 1 is 1.43 bits per heavy atom. The molecule has 2 aromatic rings. The van der Waals surface area contributed by atoms with E-state index in [1.807, 2.05) is 18.2 Å². The van der Waals surface area contributed by atoms with Gasteiger partial charge in [0.15, 0.2) is 0 Å². The fourth-order valence-corrected chi connectivity index (χ4v) is 3.35. The summed E-state index contributed by atoms with van der Waals surface area (Å²) in [7, 11) is 0. The summed E-state index contributed by atoms with van der Waals surface area (Å²) >= 11 is 0. The minimum absolute atomic E-state index is 0.143. The number of hydrogen-bond acceptors (Lipinski definition) is 3. The average molecular weight is 288 g/mol. The number of aromatic nitrogens is 2. The molecule has 1 aliphatic rings. The van der Waals surface area contributed by atoms with Crippen molar-refractivity contribution in [2.75, 3.05) is 6.61 Å². The third-order valence-corrected chi connectivity index (χ3v) is 4.50. The first-order chi connectivity index (χ1) is 10.2. The molecule has 3 rings (SSSR count). The highest BCUT2D eigenvalue weighted by atomic mass is 16.5. The smallest absolute Gasteiger partial charge is 0.112 e. The summed E-state index contributed by atoms with van der Waals surface area (Å²) in [5, 5.41) is 10.6. The molecule has 1 aromatic heterocycles. The summed E-state index contributed by atoms with van der Waals surface area (Å²) in [6.07, 6.45) is 2.37. The standard InChI is InChI=1S/C17H24N2O2/c1-3-9-19-15-7-5-4-6-14(15)18-17(19)11-16(20)13-8-10-21-12(13)2/h4-7,12-13,16,20H,3,8-11H2,1-2H3. The van der Waals surface area contributed by atoms with E-state index in [0.717, 1.165) is 42.9 Å². The van der Waals surface area contributed by atoms with Gasteiger partial charge in [0.2, 0.25) is 0 Å². The molecule has 0 aliphatic carbocycles. The number of fused-ring (bicyclic) bond motifs is 1. The molecule has 0 bridgehead atoms. The molecule has 0 saturated carbocycles. The number of nitrogens with zero attached hydrogens (tertiary/aromatic N) is 2. The van der Waals surface area contributed by atoms with Gasteiger partial charge in [-0.05, 0) is 31.9 Å². The summed E-state index contributed by atoms with van der Waals surface area (Å²) < 4.78 is 7.82. The van der Waals surface area contributed by atoms with E-state index in [4.69, 9.17) is 9.72 Å². The molecule has 0 amide bonds. The maximum Gasteiger partial charge on any atom is 0.112 e. The highest BCUT2D eigenvalue weighted by Gasteiger charge is 2.31. The largest absolute Gasteiger partial charge is 0.392 e. The van der Waals surface area contributed by atoms with Gasteiger partial charge < -0.3 is 14.4 Å². The van der Waals surface area contributed by atoms with Gasteiger partial charge in [0.05, 0.1) is 23.2 Å². The van der Waals surface area contributed by atoms with Crippen LogP contribution >= 0.6 is 0 Å². The van der Waals surface area contributed by atoms with Crippen molar-refractivity contribution in [3.05, 3.63) is 30.1 Å². The summed E-state index contributed by atoms with van der Waals surface area (Å²) in [6.45, 7) is 5.92. The van der Waals surface area contributed by atoms with Crippen LogP contribution < -0.4 is 0 Å². The van der Waals surface area contributed by atoms with Crippen molar-refractivity contribution in [3.8, 4) is 0 Å². The maximum atomic E-state index is 10.6. The first kappa shape index (κ1) is 14.5. The first-order valence-corrected chi connectivity index (χ1v) is 7.94. The Labute approximate surface area is 125 Å². The summed E-state index contributed by atoms with van der Waals surface area (Å²) in [4.78, 5) is 4.73. The number of benzene rings is 1. The minimum atomic E-state index is -0.380. The number of aryl methyl sites for hydroxylation is 1. The normalized spacial score (nSPS) is 23.8. The molecule has 1 aromatic carbocycles. The molecule has 21 heavy (non-hydrogen) atoms. The van der Waals surface area contributed by atoms with Crippen molar-refractivity contribution in [2.45, 2.75) is 51.9 Å². The number of aliphatic hydroxyl groups excluding tert-OH is 1. The predicted octanol–water partition coefficient (Wildman–Crippen LogP) is 2.77. The van der Waals surface area contributed by atoms with Crippen LogP contribution in [0.25, 0.3) is 11.0 Å². The Hall–Kier alpha value is -1.39. The van der Waals surface area contributed by atoms with Crippen LogP contribution in [-0.2, 0) is 17.7 Å². The highest BCUT2D eigenvalue weighted by molar-refractivity contribution is 5.75. The molecule has 1 aliphatic heterocycles. The topological polar surface area (TPSA) is 47.3 Å². The van der Waals surface area contributed by atoms with Gasteiger partial charge in [-0.15, -0.1) is 0 Å². The predicted molar refractivity (Wildman–Crippen MR) is 83.3 cm³/mol. The number of aliphatic hydroxyl groups is 1. The molecular weight excluding hydrogens is 264 g/mol. The monoisotopic (exact) mass is 288 g/mol. The van der Waals surface area contributed by atoms with E-state index in [2.05, 4.69) is 24.5 Å². The molecule has 4 heteroatoms. The number of ether oxygens (including phenoxy) is 1. The molecule has 0 radical (unpaired) electrons. The Morgan fingerprint density at radius 3 is 2.95 bits per heavy atom. The number of para-hydroxylation sites is 2. The highest BCUT2D eigenvalue weighted by Crippen LogP contribution is 2.27. The van der Waals surface area contributed by atoms with Gasteiger partial charge in [0, 0.05) is 25.5 Å². The number of rotatable bonds is 5. The summed E-state index contributed by atoms with van der Waals surface area (Å²) in [5.74, 6) is 1.21. The zero-order chi connectivity index (χ0) is 14.8. The van der Waals surface area contributed by atoms with Crippen LogP contribution in [0, 0.1) is 5.92 Å². The fourth-order valence-electron chi connectivity index (χ4n) is 3.35. The second-order valence-electron chi connectivity index (χ2n) is 5.97. The van der Waals surface area contributed by atoms with E-state index >= 15 is 0 Å². The lowest BCUT2D eigenvalue weighted by Gasteiger charge is -2.21. The number of hydrogen-bond donors (Lipinski definition) is 1. The van der Waals surface area contributed by atoms with Crippen molar-refractivity contribution in [2.24, 2.45) is 5.92 Å². The fraction of sp³-hybridized carbons (Fsp3) is 0.588. The van der Waals surface area contributed by atoms with Gasteiger partial charge in [-0.3, -0.25) is 0 Å². The second-order valence-corrected chi connectivity index (χ2v) is 5.97. The lowest BCUT2D eigenvalue weighted by Crippen LogP contribution is -2.29. The molecule has 3 unspecified atom stereocenters. The van der Waals surface area contributed by atoms with Crippen molar-refractivity contribution in [3.63, 3.8) is 0 Å². The number of imidazole rings is 1. The molecule has 4 nitrogen and oxygen atoms in total. The molecular formula is C17H24N2O2. The average Bonchev–Trinajstić information content (AvgIpc) is 3.04. The van der Waals surface area contributed by atoms with Crippen molar-refractivity contribution < 1.29 is 9.84 Å². The minimum Gasteiger partial charge on any atom is -0.392 e. The van der Waals surface area contributed by atoms with Crippen LogP contribution in [-0.4, -0.2) is 33.5 Å². The molecule has 0 spiro atoms. The van der Waals surface area contributed by atoms with E-state index in [-0.39, 0.29) is 18.1 Å². The quantitative estimate of drug-likeness (QED) is 0.920. The molecule has 3 atom stereocenters. The third-order valence-electron chi connectivity index (χ3n) is 4.50. The molecule has 1 N–H and O–H groups in total. The molecule has 2 heterocycles. The summed E-state index contributed by atoms with van der Waals surface area (Å²) in [6, 6.07) is 8.20. The van der Waals surface area contributed by atoms with Gasteiger partial charge in [-0.25, -0.2) is 4.98 Å². The van der Waals surface area contributed by atoms with Gasteiger partial charge in [0.1, 0.15) is 5.82 Å². The van der Waals surface area contributed by atoms with Crippen LogP contribution in [0.15, 0.2) is 24.3 Å². The Morgan fingerprint density at radius 2 is 2.24 bits per heavy atom. The third kappa shape index (κ3) is 2.83. The Kier molecular flexibility index (Phi) is 4.27. The lowest BCUT2D eigenvalue weighted by atomic mass is 9.93. The van der Waals surface area contributed by atoms with E-state index in [9.17, 15) is 5.11 Å². The van der Waals surface area contributed by atoms with Crippen LogP contribution in [0.2, 0.25) is 0 Å². The lowest BCUT2D eigenvalue weighted by molar-refractivity contribution is 0.0428. The van der Waals surface area contributed by atoms with Crippen LogP contribution in [0.5, 0.6) is 0 Å². The van der Waals surface area contributed by atoms with Crippen molar-refractivity contribution in [1.29, 1.82) is 0 Å². The zero-order valence-electron chi connectivity index (χ0n) is 12.8. The van der Waals surface area contributed by atoms with E-state index in [1.165, 1.54) is 0 Å². The van der Waals surface area contributed by atoms with E-state index in [1.54, 1.807) is 0 Å².